The molecule has 0 radical (unpaired) electrons. The van der Waals surface area contributed by atoms with E-state index in [1.807, 2.05) is 24.3 Å². The molecule has 17 heavy (non-hydrogen) atoms. The number of para-hydroxylation sites is 1. The SMILES string of the molecule is O=C(Nc1ncc[nH]1)[C@@H]1Cc2ccccc2N1. The first-order valence-electron chi connectivity index (χ1n) is 5.47. The number of anilines is 2. The number of nitrogens with zero attached hydrogens (tertiary/aromatic N) is 1. The minimum absolute atomic E-state index is 0.0730. The van der Waals surface area contributed by atoms with E-state index >= 15 is 0 Å². The fourth-order valence-electron chi connectivity index (χ4n) is 1.99. The third-order valence-corrected chi connectivity index (χ3v) is 2.83. The van der Waals surface area contributed by atoms with Crippen LogP contribution in [-0.4, -0.2) is 21.9 Å². The molecule has 0 fully saturated rings. The van der Waals surface area contributed by atoms with Crippen molar-refractivity contribution in [2.75, 3.05) is 10.6 Å². The topological polar surface area (TPSA) is 69.8 Å². The lowest BCUT2D eigenvalue weighted by Crippen LogP contribution is -2.33. The molecule has 1 aliphatic heterocycles. The molecule has 3 N–H and O–H groups in total. The molecule has 1 atom stereocenters. The Morgan fingerprint density at radius 2 is 2.29 bits per heavy atom. The van der Waals surface area contributed by atoms with Gasteiger partial charge in [0, 0.05) is 24.5 Å². The summed E-state index contributed by atoms with van der Waals surface area (Å²) in [5.41, 5.74) is 2.21. The van der Waals surface area contributed by atoms with Crippen LogP contribution in [0, 0.1) is 0 Å². The molecular formula is C12H12N4O. The quantitative estimate of drug-likeness (QED) is 0.727. The van der Waals surface area contributed by atoms with Gasteiger partial charge in [-0.15, -0.1) is 0 Å². The third-order valence-electron chi connectivity index (χ3n) is 2.83. The summed E-state index contributed by atoms with van der Waals surface area (Å²) in [6.45, 7) is 0. The number of aromatic amines is 1. The zero-order chi connectivity index (χ0) is 11.7. The first-order chi connectivity index (χ1) is 8.33. The van der Waals surface area contributed by atoms with Crippen molar-refractivity contribution >= 4 is 17.5 Å². The number of imidazole rings is 1. The molecule has 3 rings (SSSR count). The molecule has 1 aromatic carbocycles. The van der Waals surface area contributed by atoms with E-state index in [0.717, 1.165) is 5.69 Å². The van der Waals surface area contributed by atoms with Crippen molar-refractivity contribution in [2.24, 2.45) is 0 Å². The van der Waals surface area contributed by atoms with Gasteiger partial charge in [-0.25, -0.2) is 4.98 Å². The molecule has 1 aliphatic rings. The first kappa shape index (κ1) is 9.89. The van der Waals surface area contributed by atoms with Crippen LogP contribution in [0.4, 0.5) is 11.6 Å². The van der Waals surface area contributed by atoms with Crippen molar-refractivity contribution < 1.29 is 4.79 Å². The van der Waals surface area contributed by atoms with Crippen molar-refractivity contribution in [3.05, 3.63) is 42.2 Å². The Kier molecular flexibility index (Phi) is 2.29. The van der Waals surface area contributed by atoms with Crippen LogP contribution < -0.4 is 10.6 Å². The molecule has 5 heteroatoms. The number of hydrogen-bond acceptors (Lipinski definition) is 3. The average Bonchev–Trinajstić information content (AvgIpc) is 2.96. The number of rotatable bonds is 2. The standard InChI is InChI=1S/C12H12N4O/c17-11(16-12-13-5-6-14-12)10-7-8-3-1-2-4-9(8)15-10/h1-6,10,15H,7H2,(H2,13,14,16,17)/t10-/m0/s1. The molecular weight excluding hydrogens is 216 g/mol. The maximum atomic E-state index is 11.9. The van der Waals surface area contributed by atoms with E-state index in [1.54, 1.807) is 12.4 Å². The lowest BCUT2D eigenvalue weighted by atomic mass is 10.1. The van der Waals surface area contributed by atoms with Gasteiger partial charge < -0.3 is 10.3 Å². The van der Waals surface area contributed by atoms with Gasteiger partial charge in [0.25, 0.3) is 0 Å². The van der Waals surface area contributed by atoms with Crippen molar-refractivity contribution in [1.29, 1.82) is 0 Å². The molecule has 0 aliphatic carbocycles. The Hall–Kier alpha value is -2.30. The Bertz CT molecular complexity index is 510. The summed E-state index contributed by atoms with van der Waals surface area (Å²) in [5.74, 6) is 0.406. The number of hydrogen-bond donors (Lipinski definition) is 3. The van der Waals surface area contributed by atoms with Crippen LogP contribution >= 0.6 is 0 Å². The van der Waals surface area contributed by atoms with Crippen LogP contribution in [0.3, 0.4) is 0 Å². The van der Waals surface area contributed by atoms with Crippen molar-refractivity contribution in [3.63, 3.8) is 0 Å². The minimum Gasteiger partial charge on any atom is -0.373 e. The van der Waals surface area contributed by atoms with E-state index in [-0.39, 0.29) is 11.9 Å². The number of aromatic nitrogens is 2. The van der Waals surface area contributed by atoms with Gasteiger partial charge >= 0.3 is 0 Å². The van der Waals surface area contributed by atoms with Crippen molar-refractivity contribution in [3.8, 4) is 0 Å². The van der Waals surface area contributed by atoms with Gasteiger partial charge in [-0.3, -0.25) is 10.1 Å². The first-order valence-corrected chi connectivity index (χ1v) is 5.47. The van der Waals surface area contributed by atoms with Crippen molar-refractivity contribution in [2.45, 2.75) is 12.5 Å². The number of benzene rings is 1. The van der Waals surface area contributed by atoms with E-state index in [1.165, 1.54) is 5.56 Å². The Labute approximate surface area is 98.3 Å². The lowest BCUT2D eigenvalue weighted by Gasteiger charge is -2.09. The number of carbonyl (C=O) groups excluding carboxylic acids is 1. The highest BCUT2D eigenvalue weighted by Gasteiger charge is 2.26. The number of nitrogens with one attached hydrogen (secondary N) is 3. The molecule has 0 spiro atoms. The van der Waals surface area contributed by atoms with Gasteiger partial charge in [-0.1, -0.05) is 18.2 Å². The number of amides is 1. The zero-order valence-corrected chi connectivity index (χ0v) is 9.10. The predicted octanol–water partition coefficient (Wildman–Crippen LogP) is 1.38. The van der Waals surface area contributed by atoms with E-state index in [0.29, 0.717) is 12.4 Å². The fraction of sp³-hybridized carbons (Fsp3) is 0.167. The van der Waals surface area contributed by atoms with Gasteiger partial charge in [-0.05, 0) is 11.6 Å². The summed E-state index contributed by atoms with van der Waals surface area (Å²) in [7, 11) is 0. The highest BCUT2D eigenvalue weighted by Crippen LogP contribution is 2.25. The number of fused-ring (bicyclic) bond motifs is 1. The molecule has 86 valence electrons. The van der Waals surface area contributed by atoms with E-state index in [9.17, 15) is 4.79 Å². The van der Waals surface area contributed by atoms with Gasteiger partial charge in [0.2, 0.25) is 11.9 Å². The molecule has 1 amide bonds. The van der Waals surface area contributed by atoms with E-state index in [4.69, 9.17) is 0 Å². The summed E-state index contributed by atoms with van der Waals surface area (Å²) in [6.07, 6.45) is 3.99. The summed E-state index contributed by atoms with van der Waals surface area (Å²) in [5, 5.41) is 5.92. The van der Waals surface area contributed by atoms with Crippen LogP contribution in [0.5, 0.6) is 0 Å². The summed E-state index contributed by atoms with van der Waals surface area (Å²) in [6, 6.07) is 7.72. The molecule has 0 bridgehead atoms. The monoisotopic (exact) mass is 228 g/mol. The summed E-state index contributed by atoms with van der Waals surface area (Å²) in [4.78, 5) is 18.8. The van der Waals surface area contributed by atoms with Crippen LogP contribution in [0.1, 0.15) is 5.56 Å². The van der Waals surface area contributed by atoms with Crippen molar-refractivity contribution in [1.82, 2.24) is 9.97 Å². The summed E-state index contributed by atoms with van der Waals surface area (Å²) < 4.78 is 0. The van der Waals surface area contributed by atoms with Crippen LogP contribution in [0.25, 0.3) is 0 Å². The third kappa shape index (κ3) is 1.87. The molecule has 5 nitrogen and oxygen atoms in total. The van der Waals surface area contributed by atoms with Gasteiger partial charge in [0.05, 0.1) is 0 Å². The zero-order valence-electron chi connectivity index (χ0n) is 9.10. The van der Waals surface area contributed by atoms with Gasteiger partial charge in [-0.2, -0.15) is 0 Å². The highest BCUT2D eigenvalue weighted by molar-refractivity contribution is 5.96. The van der Waals surface area contributed by atoms with Crippen LogP contribution in [0.2, 0.25) is 0 Å². The highest BCUT2D eigenvalue weighted by atomic mass is 16.2. The predicted molar refractivity (Wildman–Crippen MR) is 64.8 cm³/mol. The normalized spacial score (nSPS) is 17.3. The van der Waals surface area contributed by atoms with E-state index < -0.39 is 0 Å². The number of carbonyl (C=O) groups is 1. The maximum Gasteiger partial charge on any atom is 0.249 e. The fourth-order valence-corrected chi connectivity index (χ4v) is 1.99. The lowest BCUT2D eigenvalue weighted by molar-refractivity contribution is -0.116. The molecule has 1 aromatic heterocycles. The van der Waals surface area contributed by atoms with E-state index in [2.05, 4.69) is 20.6 Å². The van der Waals surface area contributed by atoms with Crippen LogP contribution in [0.15, 0.2) is 36.7 Å². The second-order valence-electron chi connectivity index (χ2n) is 3.99. The second-order valence-corrected chi connectivity index (χ2v) is 3.99. The molecule has 0 unspecified atom stereocenters. The van der Waals surface area contributed by atoms with Crippen LogP contribution in [-0.2, 0) is 11.2 Å². The largest absolute Gasteiger partial charge is 0.373 e. The number of H-pyrrole nitrogens is 1. The Morgan fingerprint density at radius 3 is 3.06 bits per heavy atom. The molecule has 2 aromatic rings. The Morgan fingerprint density at radius 1 is 1.41 bits per heavy atom. The van der Waals surface area contributed by atoms with Gasteiger partial charge in [0.15, 0.2) is 0 Å². The van der Waals surface area contributed by atoms with Gasteiger partial charge in [0.1, 0.15) is 6.04 Å². The molecule has 0 saturated carbocycles. The molecule has 2 heterocycles. The Balaban J connectivity index is 1.70. The smallest absolute Gasteiger partial charge is 0.249 e. The average molecular weight is 228 g/mol. The second kappa shape index (κ2) is 3.93. The molecule has 0 saturated heterocycles. The minimum atomic E-state index is -0.225. The maximum absolute atomic E-state index is 11.9. The summed E-state index contributed by atoms with van der Waals surface area (Å²) >= 11 is 0.